The third kappa shape index (κ3) is 8.47. The van der Waals surface area contributed by atoms with Gasteiger partial charge < -0.3 is 34.2 Å². The van der Waals surface area contributed by atoms with Crippen LogP contribution in [0.5, 0.6) is 5.75 Å². The number of hydrogen-bond donors (Lipinski definition) is 1. The Bertz CT molecular complexity index is 1480. The number of rotatable bonds is 10. The summed E-state index contributed by atoms with van der Waals surface area (Å²) in [6, 6.07) is 15.1. The number of nitrogens with one attached hydrogen (secondary N) is 1. The molecule has 2 atom stereocenters. The number of carbonyl (C=O) groups is 4. The van der Waals surface area contributed by atoms with E-state index in [0.29, 0.717) is 43.2 Å². The maximum atomic E-state index is 14.4. The normalized spacial score (nSPS) is 19.2. The van der Waals surface area contributed by atoms with Gasteiger partial charge in [0, 0.05) is 45.6 Å². The minimum atomic E-state index is -1.04. The number of methoxy groups -OCH3 is 1. The fourth-order valence-corrected chi connectivity index (χ4v) is 6.28. The molecule has 2 aliphatic rings. The van der Waals surface area contributed by atoms with Gasteiger partial charge in [-0.25, -0.2) is 4.79 Å². The molecular weight excluding hydrogens is 612 g/mol. The number of amides is 4. The molecule has 0 bridgehead atoms. The summed E-state index contributed by atoms with van der Waals surface area (Å²) in [5.74, 6) is -1.40. The molecule has 11 nitrogen and oxygen atoms in total. The maximum Gasteiger partial charge on any atom is 0.410 e. The van der Waals surface area contributed by atoms with Crippen molar-refractivity contribution in [1.29, 1.82) is 0 Å². The molecule has 1 N–H and O–H groups in total. The Morgan fingerprint density at radius 3 is 2.31 bits per heavy atom. The molecule has 4 rings (SSSR count). The number of piperidine rings is 1. The molecule has 0 aliphatic carbocycles. The number of anilines is 2. The molecule has 2 aliphatic heterocycles. The van der Waals surface area contributed by atoms with Crippen molar-refractivity contribution in [3.05, 3.63) is 54.1 Å². The maximum absolute atomic E-state index is 14.4. The monoisotopic (exact) mass is 664 g/mol. The fraction of sp³-hybridized carbons (Fsp3) is 0.568. The summed E-state index contributed by atoms with van der Waals surface area (Å²) < 4.78 is 17.0. The van der Waals surface area contributed by atoms with Crippen LogP contribution in [0.1, 0.15) is 73.8 Å². The second-order valence-corrected chi connectivity index (χ2v) is 14.6. The van der Waals surface area contributed by atoms with Crippen molar-refractivity contribution in [2.45, 2.75) is 85.0 Å². The van der Waals surface area contributed by atoms with E-state index < -0.39 is 34.7 Å². The van der Waals surface area contributed by atoms with Crippen molar-refractivity contribution in [3.8, 4) is 5.75 Å². The lowest BCUT2D eigenvalue weighted by Crippen LogP contribution is -2.55. The number of benzene rings is 2. The highest BCUT2D eigenvalue weighted by atomic mass is 16.6. The average molecular weight is 665 g/mol. The van der Waals surface area contributed by atoms with Crippen molar-refractivity contribution in [2.75, 3.05) is 49.7 Å². The van der Waals surface area contributed by atoms with Crippen LogP contribution in [0.2, 0.25) is 0 Å². The summed E-state index contributed by atoms with van der Waals surface area (Å²) in [7, 11) is 1.62. The predicted molar refractivity (Wildman–Crippen MR) is 185 cm³/mol. The molecule has 1 fully saturated rings. The molecule has 0 aromatic heterocycles. The van der Waals surface area contributed by atoms with E-state index in [1.54, 1.807) is 69.7 Å². The van der Waals surface area contributed by atoms with Gasteiger partial charge in [-0.3, -0.25) is 14.4 Å². The smallest absolute Gasteiger partial charge is 0.410 e. The van der Waals surface area contributed by atoms with Crippen LogP contribution in [-0.2, 0) is 29.4 Å². The van der Waals surface area contributed by atoms with Crippen LogP contribution in [0.3, 0.4) is 0 Å². The highest BCUT2D eigenvalue weighted by molar-refractivity contribution is 6.04. The van der Waals surface area contributed by atoms with Gasteiger partial charge in [0.25, 0.3) is 5.91 Å². The van der Waals surface area contributed by atoms with E-state index in [1.165, 1.54) is 4.90 Å². The number of likely N-dealkylation sites (tertiary alicyclic amines) is 1. The van der Waals surface area contributed by atoms with Gasteiger partial charge in [0.05, 0.1) is 23.1 Å². The second-order valence-electron chi connectivity index (χ2n) is 14.6. The van der Waals surface area contributed by atoms with E-state index in [2.05, 4.69) is 5.32 Å². The Kier molecular flexibility index (Phi) is 11.1. The van der Waals surface area contributed by atoms with Gasteiger partial charge in [-0.1, -0.05) is 30.3 Å². The minimum absolute atomic E-state index is 0.111. The zero-order valence-electron chi connectivity index (χ0n) is 29.9. The summed E-state index contributed by atoms with van der Waals surface area (Å²) in [6.07, 6.45) is 0.322. The summed E-state index contributed by atoms with van der Waals surface area (Å²) in [5.41, 5.74) is -0.345. The molecule has 4 amide bonds. The highest BCUT2D eigenvalue weighted by Crippen LogP contribution is 2.41. The van der Waals surface area contributed by atoms with Crippen LogP contribution >= 0.6 is 0 Å². The number of ether oxygens (including phenoxy) is 3. The van der Waals surface area contributed by atoms with Gasteiger partial charge in [-0.2, -0.15) is 0 Å². The first-order valence-electron chi connectivity index (χ1n) is 16.8. The molecule has 0 saturated carbocycles. The van der Waals surface area contributed by atoms with Gasteiger partial charge in [0.2, 0.25) is 11.8 Å². The van der Waals surface area contributed by atoms with Crippen molar-refractivity contribution < 1.29 is 33.4 Å². The number of carbonyl (C=O) groups excluding carboxylic acids is 4. The first-order chi connectivity index (χ1) is 22.5. The first kappa shape index (κ1) is 36.7. The van der Waals surface area contributed by atoms with E-state index in [-0.39, 0.29) is 37.2 Å². The van der Waals surface area contributed by atoms with E-state index in [9.17, 15) is 19.2 Å². The van der Waals surface area contributed by atoms with Crippen LogP contribution in [0.4, 0.5) is 16.2 Å². The van der Waals surface area contributed by atoms with Gasteiger partial charge >= 0.3 is 6.09 Å². The third-order valence-electron chi connectivity index (χ3n) is 8.74. The predicted octanol–water partition coefficient (Wildman–Crippen LogP) is 5.50. The van der Waals surface area contributed by atoms with Gasteiger partial charge in [-0.05, 0) is 92.0 Å². The molecule has 2 aromatic carbocycles. The highest BCUT2D eigenvalue weighted by Gasteiger charge is 2.43. The standard InChI is InChI=1S/C37H52N4O7/c1-10-40(28-17-18-30-29(22-28)41(19-14-20-46-9)33(44)37(7,8)47-30)32(43)26-21-25(23-39(24-26)34(45)48-35(2,3)4)31(42)38-36(5,6)27-15-12-11-13-16-27/h11-13,15-18,22,25-26H,10,14,19-21,23-24H2,1-9H3,(H,38,42)/t25-,26+/m0/s1. The number of hydrogen-bond acceptors (Lipinski definition) is 7. The lowest BCUT2D eigenvalue weighted by atomic mass is 9.86. The molecule has 1 saturated heterocycles. The van der Waals surface area contributed by atoms with E-state index in [4.69, 9.17) is 14.2 Å². The Labute approximate surface area is 284 Å². The lowest BCUT2D eigenvalue weighted by molar-refractivity contribution is -0.133. The van der Waals surface area contributed by atoms with Gasteiger partial charge in [0.1, 0.15) is 11.4 Å². The van der Waals surface area contributed by atoms with Crippen LogP contribution in [0.25, 0.3) is 0 Å². The van der Waals surface area contributed by atoms with Gasteiger partial charge in [-0.15, -0.1) is 0 Å². The summed E-state index contributed by atoms with van der Waals surface area (Å²) in [6.45, 7) is 16.1. The average Bonchev–Trinajstić information content (AvgIpc) is 3.02. The molecule has 11 heteroatoms. The van der Waals surface area contributed by atoms with Gasteiger partial charge in [0.15, 0.2) is 5.60 Å². The van der Waals surface area contributed by atoms with Crippen molar-refractivity contribution in [2.24, 2.45) is 11.8 Å². The summed E-state index contributed by atoms with van der Waals surface area (Å²) in [4.78, 5) is 59.8. The Balaban J connectivity index is 1.63. The summed E-state index contributed by atoms with van der Waals surface area (Å²) in [5, 5.41) is 3.15. The second kappa shape index (κ2) is 14.6. The lowest BCUT2D eigenvalue weighted by Gasteiger charge is -2.41. The fourth-order valence-electron chi connectivity index (χ4n) is 6.28. The number of fused-ring (bicyclic) bond motifs is 1. The van der Waals surface area contributed by atoms with Crippen LogP contribution < -0.4 is 19.9 Å². The third-order valence-corrected chi connectivity index (χ3v) is 8.74. The number of nitrogens with zero attached hydrogens (tertiary/aromatic N) is 3. The molecule has 48 heavy (non-hydrogen) atoms. The SMILES string of the molecule is CCN(C(=O)[C@@H]1C[C@H](C(=O)NC(C)(C)c2ccccc2)CN(C(=O)OC(C)(C)C)C1)c1ccc2c(c1)N(CCCOC)C(=O)C(C)(C)O2. The zero-order valence-corrected chi connectivity index (χ0v) is 29.9. The molecule has 262 valence electrons. The van der Waals surface area contributed by atoms with E-state index in [1.807, 2.05) is 51.1 Å². The Hall–Kier alpha value is -4.12. The topological polar surface area (TPSA) is 118 Å². The molecule has 2 aromatic rings. The molecular formula is C37H52N4O7. The molecule has 0 radical (unpaired) electrons. The molecule has 2 heterocycles. The van der Waals surface area contributed by atoms with Crippen molar-refractivity contribution in [1.82, 2.24) is 10.2 Å². The van der Waals surface area contributed by atoms with Crippen molar-refractivity contribution in [3.63, 3.8) is 0 Å². The first-order valence-corrected chi connectivity index (χ1v) is 16.8. The van der Waals surface area contributed by atoms with E-state index >= 15 is 0 Å². The molecule has 0 unspecified atom stereocenters. The zero-order chi connectivity index (χ0) is 35.4. The Morgan fingerprint density at radius 2 is 1.69 bits per heavy atom. The van der Waals surface area contributed by atoms with E-state index in [0.717, 1.165) is 5.56 Å². The largest absolute Gasteiger partial charge is 0.476 e. The quantitative estimate of drug-likeness (QED) is 0.333. The minimum Gasteiger partial charge on any atom is -0.476 e. The summed E-state index contributed by atoms with van der Waals surface area (Å²) >= 11 is 0. The van der Waals surface area contributed by atoms with Crippen molar-refractivity contribution >= 4 is 35.2 Å². The van der Waals surface area contributed by atoms with Crippen LogP contribution in [0.15, 0.2) is 48.5 Å². The van der Waals surface area contributed by atoms with Crippen LogP contribution in [0, 0.1) is 11.8 Å². The van der Waals surface area contributed by atoms with Crippen LogP contribution in [-0.4, -0.2) is 79.8 Å². The molecule has 0 spiro atoms. The Morgan fingerprint density at radius 1 is 1.02 bits per heavy atom.